The van der Waals surface area contributed by atoms with Crippen LogP contribution in [0.3, 0.4) is 0 Å². The SMILES string of the molecule is CCCCOCCCn1c(=S)[nH]c2ccccc21. The van der Waals surface area contributed by atoms with Crippen molar-refractivity contribution in [3.8, 4) is 0 Å². The molecule has 0 unspecified atom stereocenters. The Morgan fingerprint density at radius 2 is 2.00 bits per heavy atom. The summed E-state index contributed by atoms with van der Waals surface area (Å²) in [4.78, 5) is 3.23. The molecule has 0 saturated carbocycles. The molecule has 2 aromatic rings. The minimum absolute atomic E-state index is 0.796. The number of nitrogens with one attached hydrogen (secondary N) is 1. The average molecular weight is 264 g/mol. The second-order valence-electron chi connectivity index (χ2n) is 4.42. The van der Waals surface area contributed by atoms with Gasteiger partial charge in [0.25, 0.3) is 0 Å². The van der Waals surface area contributed by atoms with Gasteiger partial charge in [-0.3, -0.25) is 0 Å². The Morgan fingerprint density at radius 1 is 1.22 bits per heavy atom. The van der Waals surface area contributed by atoms with Crippen molar-refractivity contribution in [3.05, 3.63) is 29.0 Å². The molecule has 1 heterocycles. The fraction of sp³-hybridized carbons (Fsp3) is 0.500. The summed E-state index contributed by atoms with van der Waals surface area (Å²) in [5.41, 5.74) is 2.28. The summed E-state index contributed by atoms with van der Waals surface area (Å²) in [7, 11) is 0. The first-order valence-corrected chi connectivity index (χ1v) is 6.99. The molecule has 0 amide bonds. The maximum Gasteiger partial charge on any atom is 0.178 e. The van der Waals surface area contributed by atoms with Crippen LogP contribution in [0.2, 0.25) is 0 Å². The van der Waals surface area contributed by atoms with Gasteiger partial charge in [0, 0.05) is 19.8 Å². The van der Waals surface area contributed by atoms with Crippen molar-refractivity contribution in [1.29, 1.82) is 0 Å². The van der Waals surface area contributed by atoms with E-state index in [-0.39, 0.29) is 0 Å². The number of ether oxygens (including phenoxy) is 1. The predicted molar refractivity (Wildman–Crippen MR) is 77.5 cm³/mol. The van der Waals surface area contributed by atoms with Gasteiger partial charge < -0.3 is 14.3 Å². The van der Waals surface area contributed by atoms with E-state index in [0.29, 0.717) is 0 Å². The molecule has 0 aliphatic rings. The third kappa shape index (κ3) is 3.21. The van der Waals surface area contributed by atoms with E-state index in [1.165, 1.54) is 11.9 Å². The van der Waals surface area contributed by atoms with E-state index in [1.54, 1.807) is 0 Å². The number of para-hydroxylation sites is 2. The zero-order valence-electron chi connectivity index (χ0n) is 10.8. The number of nitrogens with zero attached hydrogens (tertiary/aromatic N) is 1. The van der Waals surface area contributed by atoms with Gasteiger partial charge in [-0.15, -0.1) is 0 Å². The highest BCUT2D eigenvalue weighted by Crippen LogP contribution is 2.13. The molecule has 3 nitrogen and oxygen atoms in total. The van der Waals surface area contributed by atoms with Crippen LogP contribution >= 0.6 is 12.2 Å². The highest BCUT2D eigenvalue weighted by atomic mass is 32.1. The zero-order chi connectivity index (χ0) is 12.8. The van der Waals surface area contributed by atoms with Crippen molar-refractivity contribution in [2.45, 2.75) is 32.7 Å². The zero-order valence-corrected chi connectivity index (χ0v) is 11.6. The third-order valence-electron chi connectivity index (χ3n) is 2.99. The predicted octanol–water partition coefficient (Wildman–Crippen LogP) is 3.91. The van der Waals surface area contributed by atoms with E-state index in [4.69, 9.17) is 17.0 Å². The van der Waals surface area contributed by atoms with Crippen molar-refractivity contribution < 1.29 is 4.74 Å². The Kier molecular flexibility index (Phi) is 4.96. The number of aryl methyl sites for hydroxylation is 1. The van der Waals surface area contributed by atoms with E-state index < -0.39 is 0 Å². The second kappa shape index (κ2) is 6.71. The average Bonchev–Trinajstić information content (AvgIpc) is 2.70. The van der Waals surface area contributed by atoms with E-state index >= 15 is 0 Å². The van der Waals surface area contributed by atoms with Crippen LogP contribution in [0, 0.1) is 4.77 Å². The molecule has 1 aromatic heterocycles. The van der Waals surface area contributed by atoms with Gasteiger partial charge in [0.05, 0.1) is 11.0 Å². The molecule has 18 heavy (non-hydrogen) atoms. The number of aromatic nitrogens is 2. The lowest BCUT2D eigenvalue weighted by Crippen LogP contribution is -2.03. The Hall–Kier alpha value is -1.13. The maximum absolute atomic E-state index is 5.57. The number of unbranched alkanes of at least 4 members (excludes halogenated alkanes) is 1. The summed E-state index contributed by atoms with van der Waals surface area (Å²) in [6.07, 6.45) is 3.33. The van der Waals surface area contributed by atoms with E-state index in [0.717, 1.165) is 42.9 Å². The van der Waals surface area contributed by atoms with Crippen molar-refractivity contribution in [2.75, 3.05) is 13.2 Å². The summed E-state index contributed by atoms with van der Waals surface area (Å²) in [5, 5.41) is 0. The minimum Gasteiger partial charge on any atom is -0.381 e. The van der Waals surface area contributed by atoms with Crippen LogP contribution in [0.4, 0.5) is 0 Å². The number of H-pyrrole nitrogens is 1. The number of hydrogen-bond donors (Lipinski definition) is 1. The lowest BCUT2D eigenvalue weighted by Gasteiger charge is -2.05. The number of fused-ring (bicyclic) bond motifs is 1. The minimum atomic E-state index is 0.796. The Balaban J connectivity index is 1.91. The molecule has 1 N–H and O–H groups in total. The van der Waals surface area contributed by atoms with Gasteiger partial charge in [0.1, 0.15) is 0 Å². The molecular weight excluding hydrogens is 244 g/mol. The van der Waals surface area contributed by atoms with E-state index in [2.05, 4.69) is 28.6 Å². The highest BCUT2D eigenvalue weighted by molar-refractivity contribution is 7.71. The third-order valence-corrected chi connectivity index (χ3v) is 3.32. The second-order valence-corrected chi connectivity index (χ2v) is 4.81. The molecule has 0 spiro atoms. The summed E-state index contributed by atoms with van der Waals surface area (Å²) < 4.78 is 8.51. The summed E-state index contributed by atoms with van der Waals surface area (Å²) in [6, 6.07) is 8.21. The fourth-order valence-corrected chi connectivity index (χ4v) is 2.30. The largest absolute Gasteiger partial charge is 0.381 e. The normalized spacial score (nSPS) is 11.2. The van der Waals surface area contributed by atoms with Gasteiger partial charge in [0.15, 0.2) is 4.77 Å². The van der Waals surface area contributed by atoms with Gasteiger partial charge in [0.2, 0.25) is 0 Å². The van der Waals surface area contributed by atoms with Crippen molar-refractivity contribution in [1.82, 2.24) is 9.55 Å². The van der Waals surface area contributed by atoms with E-state index in [9.17, 15) is 0 Å². The summed E-state index contributed by atoms with van der Waals surface area (Å²) in [5.74, 6) is 0. The number of hydrogen-bond acceptors (Lipinski definition) is 2. The molecule has 0 aliphatic carbocycles. The number of imidazole rings is 1. The highest BCUT2D eigenvalue weighted by Gasteiger charge is 2.02. The van der Waals surface area contributed by atoms with Crippen LogP contribution in [0.1, 0.15) is 26.2 Å². The van der Waals surface area contributed by atoms with Crippen LogP contribution < -0.4 is 0 Å². The Labute approximate surface area is 113 Å². The standard InChI is InChI=1S/C14H20N2OS/c1-2-3-10-17-11-6-9-16-13-8-5-4-7-12(13)15-14(16)18/h4-5,7-8H,2-3,6,9-11H2,1H3,(H,15,18). The number of benzene rings is 1. The van der Waals surface area contributed by atoms with Crippen molar-refractivity contribution in [2.24, 2.45) is 0 Å². The van der Waals surface area contributed by atoms with Gasteiger partial charge >= 0.3 is 0 Å². The van der Waals surface area contributed by atoms with E-state index in [1.807, 2.05) is 12.1 Å². The van der Waals surface area contributed by atoms with Crippen LogP contribution in [0.15, 0.2) is 24.3 Å². The molecule has 98 valence electrons. The smallest absolute Gasteiger partial charge is 0.178 e. The van der Waals surface area contributed by atoms with Crippen molar-refractivity contribution in [3.63, 3.8) is 0 Å². The first-order valence-electron chi connectivity index (χ1n) is 6.58. The lowest BCUT2D eigenvalue weighted by molar-refractivity contribution is 0.126. The van der Waals surface area contributed by atoms with Gasteiger partial charge in [-0.2, -0.15) is 0 Å². The van der Waals surface area contributed by atoms with Crippen molar-refractivity contribution >= 4 is 23.3 Å². The first-order chi connectivity index (χ1) is 8.83. The number of rotatable bonds is 7. The van der Waals surface area contributed by atoms with Gasteiger partial charge in [-0.05, 0) is 37.2 Å². The molecule has 0 radical (unpaired) electrons. The van der Waals surface area contributed by atoms with Crippen LogP contribution in [0.25, 0.3) is 11.0 Å². The van der Waals surface area contributed by atoms with Gasteiger partial charge in [-0.25, -0.2) is 0 Å². The molecule has 0 aliphatic heterocycles. The number of aromatic amines is 1. The Morgan fingerprint density at radius 3 is 2.83 bits per heavy atom. The summed E-state index contributed by atoms with van der Waals surface area (Å²) >= 11 is 5.34. The monoisotopic (exact) mass is 264 g/mol. The Bertz CT molecular complexity index is 544. The fourth-order valence-electron chi connectivity index (χ4n) is 2.00. The molecule has 0 fully saturated rings. The summed E-state index contributed by atoms with van der Waals surface area (Å²) in [6.45, 7) is 4.76. The molecule has 0 saturated heterocycles. The van der Waals surface area contributed by atoms with Crippen LogP contribution in [-0.4, -0.2) is 22.8 Å². The maximum atomic E-state index is 5.57. The molecule has 4 heteroatoms. The lowest BCUT2D eigenvalue weighted by atomic mass is 10.3. The molecule has 0 bridgehead atoms. The van der Waals surface area contributed by atoms with Crippen LogP contribution in [-0.2, 0) is 11.3 Å². The van der Waals surface area contributed by atoms with Gasteiger partial charge in [-0.1, -0.05) is 25.5 Å². The molecule has 1 aromatic carbocycles. The van der Waals surface area contributed by atoms with Crippen LogP contribution in [0.5, 0.6) is 0 Å². The molecule has 2 rings (SSSR count). The quantitative estimate of drug-likeness (QED) is 0.607. The first kappa shape index (κ1) is 13.3. The topological polar surface area (TPSA) is 29.9 Å². The molecular formula is C14H20N2OS. The molecule has 0 atom stereocenters.